The molecule has 2 N–H and O–H groups in total. The van der Waals surface area contributed by atoms with Crippen LogP contribution >= 0.6 is 0 Å². The predicted octanol–water partition coefficient (Wildman–Crippen LogP) is 0.349. The van der Waals surface area contributed by atoms with Crippen LogP contribution in [0.5, 0.6) is 0 Å². The van der Waals surface area contributed by atoms with Crippen molar-refractivity contribution in [3.05, 3.63) is 17.7 Å². The number of aryl methyl sites for hydroxylation is 1. The summed E-state index contributed by atoms with van der Waals surface area (Å²) in [5, 5.41) is 2.97. The fourth-order valence-corrected chi connectivity index (χ4v) is 3.10. The van der Waals surface area contributed by atoms with Gasteiger partial charge in [0, 0.05) is 24.7 Å². The van der Waals surface area contributed by atoms with Gasteiger partial charge in [-0.25, -0.2) is 13.8 Å². The van der Waals surface area contributed by atoms with Crippen molar-refractivity contribution in [3.8, 4) is 0 Å². The van der Waals surface area contributed by atoms with Crippen molar-refractivity contribution in [1.82, 2.24) is 20.2 Å². The van der Waals surface area contributed by atoms with E-state index in [-0.39, 0.29) is 18.6 Å². The van der Waals surface area contributed by atoms with Gasteiger partial charge in [0.1, 0.15) is 6.04 Å². The molecule has 2 aliphatic rings. The summed E-state index contributed by atoms with van der Waals surface area (Å²) in [6.07, 6.45) is 1.53. The van der Waals surface area contributed by atoms with Gasteiger partial charge in [-0.15, -0.1) is 0 Å². The van der Waals surface area contributed by atoms with Crippen molar-refractivity contribution < 1.29 is 18.3 Å². The Kier molecular flexibility index (Phi) is 4.68. The van der Waals surface area contributed by atoms with E-state index in [9.17, 15) is 13.6 Å². The van der Waals surface area contributed by atoms with E-state index in [0.717, 1.165) is 24.2 Å². The molecule has 8 heteroatoms. The number of hydrogen-bond donors (Lipinski definition) is 2. The van der Waals surface area contributed by atoms with Crippen LogP contribution in [-0.4, -0.2) is 65.6 Å². The molecular weight excluding hydrogens is 294 g/mol. The number of aromatic nitrogens is 2. The molecule has 2 unspecified atom stereocenters. The van der Waals surface area contributed by atoms with Crippen molar-refractivity contribution in [3.63, 3.8) is 0 Å². The summed E-state index contributed by atoms with van der Waals surface area (Å²) in [5.41, 5.74) is 2.09. The summed E-state index contributed by atoms with van der Waals surface area (Å²) < 4.78 is 30.5. The van der Waals surface area contributed by atoms with Crippen molar-refractivity contribution >= 4 is 5.91 Å². The number of aromatic amines is 1. The molecule has 1 aliphatic heterocycles. The first-order valence-corrected chi connectivity index (χ1v) is 7.55. The molecular formula is C14H20F2N4O2. The summed E-state index contributed by atoms with van der Waals surface area (Å²) in [6, 6.07) is -0.623. The Bertz CT molecular complexity index is 523. The summed E-state index contributed by atoms with van der Waals surface area (Å²) in [4.78, 5) is 21.2. The van der Waals surface area contributed by atoms with Crippen molar-refractivity contribution in [2.75, 3.05) is 26.3 Å². The number of carbonyl (C=O) groups excluding carboxylic acids is 1. The molecule has 2 atom stereocenters. The monoisotopic (exact) mass is 314 g/mol. The second kappa shape index (κ2) is 6.70. The minimum Gasteiger partial charge on any atom is -0.378 e. The van der Waals surface area contributed by atoms with Gasteiger partial charge in [-0.1, -0.05) is 0 Å². The van der Waals surface area contributed by atoms with E-state index >= 15 is 0 Å². The molecule has 6 nitrogen and oxygen atoms in total. The average molecular weight is 314 g/mol. The number of hydrogen-bond acceptors (Lipinski definition) is 4. The average Bonchev–Trinajstić information content (AvgIpc) is 2.94. The van der Waals surface area contributed by atoms with Crippen LogP contribution in [0.1, 0.15) is 17.8 Å². The fourth-order valence-electron chi connectivity index (χ4n) is 3.10. The van der Waals surface area contributed by atoms with E-state index in [1.807, 2.05) is 0 Å². The van der Waals surface area contributed by atoms with Crippen LogP contribution in [0.2, 0.25) is 0 Å². The normalized spacial score (nSPS) is 26.0. The lowest BCUT2D eigenvalue weighted by Gasteiger charge is -2.35. The number of carbonyl (C=O) groups is 1. The van der Waals surface area contributed by atoms with Crippen molar-refractivity contribution in [2.24, 2.45) is 0 Å². The molecule has 1 fully saturated rings. The Morgan fingerprint density at radius 1 is 1.59 bits per heavy atom. The summed E-state index contributed by atoms with van der Waals surface area (Å²) in [7, 11) is 0. The molecule has 2 heterocycles. The first kappa shape index (κ1) is 15.4. The Morgan fingerprint density at radius 3 is 3.27 bits per heavy atom. The Labute approximate surface area is 127 Å². The first-order chi connectivity index (χ1) is 10.6. The number of ether oxygens (including phenoxy) is 1. The molecule has 1 aromatic heterocycles. The van der Waals surface area contributed by atoms with E-state index < -0.39 is 19.0 Å². The van der Waals surface area contributed by atoms with Crippen LogP contribution < -0.4 is 5.32 Å². The number of imidazole rings is 1. The number of alkyl halides is 2. The number of amides is 1. The lowest BCUT2D eigenvalue weighted by molar-refractivity contribution is -0.134. The molecule has 1 aliphatic carbocycles. The smallest absolute Gasteiger partial charge is 0.251 e. The molecule has 22 heavy (non-hydrogen) atoms. The second-order valence-electron chi connectivity index (χ2n) is 5.75. The van der Waals surface area contributed by atoms with E-state index in [2.05, 4.69) is 15.3 Å². The molecule has 0 bridgehead atoms. The molecule has 0 spiro atoms. The van der Waals surface area contributed by atoms with Crippen molar-refractivity contribution in [1.29, 1.82) is 0 Å². The third-order valence-corrected chi connectivity index (χ3v) is 4.25. The van der Waals surface area contributed by atoms with E-state index in [1.165, 1.54) is 4.90 Å². The molecule has 122 valence electrons. The highest BCUT2D eigenvalue weighted by molar-refractivity contribution is 5.82. The lowest BCUT2D eigenvalue weighted by Crippen LogP contribution is -2.56. The Morgan fingerprint density at radius 2 is 2.45 bits per heavy atom. The number of rotatable bonds is 4. The van der Waals surface area contributed by atoms with Gasteiger partial charge in [-0.2, -0.15) is 0 Å². The topological polar surface area (TPSA) is 70.2 Å². The molecule has 0 radical (unpaired) electrons. The van der Waals surface area contributed by atoms with Crippen LogP contribution in [0, 0.1) is 0 Å². The molecule has 1 aromatic rings. The third kappa shape index (κ3) is 3.44. The van der Waals surface area contributed by atoms with Crippen LogP contribution in [0.15, 0.2) is 6.33 Å². The second-order valence-corrected chi connectivity index (χ2v) is 5.75. The quantitative estimate of drug-likeness (QED) is 0.841. The Hall–Kier alpha value is -1.54. The van der Waals surface area contributed by atoms with Gasteiger partial charge >= 0.3 is 0 Å². The number of morpholine rings is 1. The van der Waals surface area contributed by atoms with Crippen LogP contribution in [0.4, 0.5) is 8.78 Å². The summed E-state index contributed by atoms with van der Waals surface area (Å²) >= 11 is 0. The largest absolute Gasteiger partial charge is 0.378 e. The van der Waals surface area contributed by atoms with E-state index in [0.29, 0.717) is 19.6 Å². The van der Waals surface area contributed by atoms with Gasteiger partial charge in [-0.05, 0) is 12.8 Å². The minimum absolute atomic E-state index is 0.00998. The maximum absolute atomic E-state index is 12.6. The molecule has 3 rings (SSSR count). The summed E-state index contributed by atoms with van der Waals surface area (Å²) in [6.45, 7) is 0.520. The van der Waals surface area contributed by atoms with Crippen molar-refractivity contribution in [2.45, 2.75) is 37.8 Å². The van der Waals surface area contributed by atoms with Gasteiger partial charge < -0.3 is 15.0 Å². The highest BCUT2D eigenvalue weighted by Crippen LogP contribution is 2.18. The van der Waals surface area contributed by atoms with E-state index in [4.69, 9.17) is 4.74 Å². The predicted molar refractivity (Wildman–Crippen MR) is 74.7 cm³/mol. The van der Waals surface area contributed by atoms with Crippen LogP contribution in [-0.2, 0) is 22.4 Å². The standard InChI is InChI=1S/C14H20F2N4O2/c15-13(16)6-20-3-4-22-7-12(20)14(21)19-9-1-2-10-11(5-9)18-8-17-10/h8-9,12-13H,1-7H2,(H,17,18)(H,19,21). The Balaban J connectivity index is 1.58. The molecule has 0 aromatic carbocycles. The lowest BCUT2D eigenvalue weighted by atomic mass is 9.96. The fraction of sp³-hybridized carbons (Fsp3) is 0.714. The first-order valence-electron chi connectivity index (χ1n) is 7.55. The highest BCUT2D eigenvalue weighted by atomic mass is 19.3. The molecule has 1 saturated heterocycles. The minimum atomic E-state index is -2.45. The maximum Gasteiger partial charge on any atom is 0.251 e. The molecule has 1 amide bonds. The number of nitrogens with zero attached hydrogens (tertiary/aromatic N) is 2. The van der Waals surface area contributed by atoms with Gasteiger partial charge in [0.2, 0.25) is 5.91 Å². The maximum atomic E-state index is 12.6. The number of fused-ring (bicyclic) bond motifs is 1. The summed E-state index contributed by atoms with van der Waals surface area (Å²) in [5.74, 6) is -0.228. The zero-order valence-corrected chi connectivity index (χ0v) is 12.2. The highest BCUT2D eigenvalue weighted by Gasteiger charge is 2.33. The van der Waals surface area contributed by atoms with Gasteiger partial charge in [-0.3, -0.25) is 9.69 Å². The van der Waals surface area contributed by atoms with E-state index in [1.54, 1.807) is 6.33 Å². The van der Waals surface area contributed by atoms with Gasteiger partial charge in [0.05, 0.1) is 31.8 Å². The van der Waals surface area contributed by atoms with Crippen LogP contribution in [0.3, 0.4) is 0 Å². The SMILES string of the molecule is O=C(NC1CCc2nc[nH]c2C1)C1COCCN1CC(F)F. The number of H-pyrrole nitrogens is 1. The molecule has 0 saturated carbocycles. The zero-order chi connectivity index (χ0) is 15.5. The van der Waals surface area contributed by atoms with Gasteiger partial charge in [0.15, 0.2) is 0 Å². The van der Waals surface area contributed by atoms with Crippen LogP contribution in [0.25, 0.3) is 0 Å². The number of nitrogens with one attached hydrogen (secondary N) is 2. The number of halogens is 2. The zero-order valence-electron chi connectivity index (χ0n) is 12.2. The van der Waals surface area contributed by atoms with Gasteiger partial charge in [0.25, 0.3) is 6.43 Å². The third-order valence-electron chi connectivity index (χ3n) is 4.25.